The summed E-state index contributed by atoms with van der Waals surface area (Å²) in [5.41, 5.74) is 8.31. The van der Waals surface area contributed by atoms with E-state index < -0.39 is 0 Å². The highest BCUT2D eigenvalue weighted by Crippen LogP contribution is 2.40. The molecule has 0 aliphatic heterocycles. The Morgan fingerprint density at radius 2 is 1.18 bits per heavy atom. The van der Waals surface area contributed by atoms with E-state index in [1.54, 1.807) is 46.2 Å². The number of hydrogen-bond acceptors (Lipinski definition) is 12. The molecule has 180 valence electrons. The summed E-state index contributed by atoms with van der Waals surface area (Å²) in [5.74, 6) is 9.75. The Balaban J connectivity index is 0.000000191. The lowest BCUT2D eigenvalue weighted by atomic mass is 10.3. The van der Waals surface area contributed by atoms with Gasteiger partial charge in [-0.1, -0.05) is 0 Å². The molecule has 0 bridgehead atoms. The number of hydrogen-bond donors (Lipinski definition) is 4. The molecular weight excluding hydrogens is 549 g/mol. The second-order valence-corrected chi connectivity index (χ2v) is 12.5. The third kappa shape index (κ3) is 6.26. The first-order valence-corrected chi connectivity index (χ1v) is 15.4. The zero-order chi connectivity index (χ0) is 24.8. The first-order valence-electron chi connectivity index (χ1n) is 9.53. The van der Waals surface area contributed by atoms with Crippen LogP contribution in [0, 0.1) is 13.8 Å². The van der Waals surface area contributed by atoms with Crippen molar-refractivity contribution >= 4 is 80.7 Å². The maximum absolute atomic E-state index is 11.5. The van der Waals surface area contributed by atoms with Gasteiger partial charge in [-0.15, -0.1) is 68.9 Å². The number of hydrazine groups is 2. The van der Waals surface area contributed by atoms with E-state index in [2.05, 4.69) is 20.8 Å². The van der Waals surface area contributed by atoms with Gasteiger partial charge in [0.25, 0.3) is 11.8 Å². The highest BCUT2D eigenvalue weighted by atomic mass is 32.2. The Morgan fingerprint density at radius 1 is 0.794 bits per heavy atom. The van der Waals surface area contributed by atoms with Crippen molar-refractivity contribution in [2.24, 2.45) is 11.7 Å². The van der Waals surface area contributed by atoms with E-state index in [-0.39, 0.29) is 11.8 Å². The second kappa shape index (κ2) is 12.3. The number of carbonyl (C=O) groups is 2. The first-order chi connectivity index (χ1) is 16.3. The van der Waals surface area contributed by atoms with Crippen molar-refractivity contribution in [1.29, 1.82) is 0 Å². The minimum Gasteiger partial charge on any atom is -0.289 e. The van der Waals surface area contributed by atoms with Crippen LogP contribution in [0.4, 0.5) is 0 Å². The number of nitrogens with one attached hydrogen (secondary N) is 2. The number of rotatable bonds is 6. The Kier molecular flexibility index (Phi) is 9.67. The van der Waals surface area contributed by atoms with Gasteiger partial charge in [0.2, 0.25) is 0 Å². The highest BCUT2D eigenvalue weighted by molar-refractivity contribution is 8.00. The summed E-state index contributed by atoms with van der Waals surface area (Å²) in [7, 11) is 0. The van der Waals surface area contributed by atoms with Gasteiger partial charge < -0.3 is 0 Å². The van der Waals surface area contributed by atoms with Gasteiger partial charge in [0.15, 0.2) is 0 Å². The minimum absolute atomic E-state index is 0.259. The molecular formula is C20H22N6O2S6. The maximum Gasteiger partial charge on any atom is 0.275 e. The van der Waals surface area contributed by atoms with Crippen LogP contribution in [0.2, 0.25) is 0 Å². The van der Waals surface area contributed by atoms with Crippen LogP contribution in [-0.4, -0.2) is 34.3 Å². The van der Waals surface area contributed by atoms with Crippen molar-refractivity contribution in [2.45, 2.75) is 22.3 Å². The lowest BCUT2D eigenvalue weighted by Crippen LogP contribution is -2.29. The molecule has 6 N–H and O–H groups in total. The number of carbonyl (C=O) groups excluding carboxylic acids is 2. The lowest BCUT2D eigenvalue weighted by molar-refractivity contribution is 0.0949. The topological polar surface area (TPSA) is 136 Å². The maximum atomic E-state index is 11.5. The molecule has 0 fully saturated rings. The summed E-state index contributed by atoms with van der Waals surface area (Å²) >= 11 is 9.26. The quantitative estimate of drug-likeness (QED) is 0.110. The standard InChI is InChI=1S/2C10H11N3OS3/c2*1-5-4-16-9(12-5)6-3-7(8(14)13-11)17-10(6)15-2/h2*3-4H,11H2,1-2H3,(H,13,14). The number of nitrogen functional groups attached to an aromatic ring is 2. The normalized spacial score (nSPS) is 10.5. The average Bonchev–Trinajstić information content (AvgIpc) is 3.63. The molecule has 0 aliphatic carbocycles. The molecule has 4 aromatic rings. The molecule has 0 aromatic carbocycles. The fourth-order valence-electron chi connectivity index (χ4n) is 2.67. The van der Waals surface area contributed by atoms with E-state index in [0.717, 1.165) is 40.9 Å². The molecule has 4 rings (SSSR count). The molecule has 14 heteroatoms. The van der Waals surface area contributed by atoms with E-state index in [4.69, 9.17) is 11.7 Å². The summed E-state index contributed by atoms with van der Waals surface area (Å²) < 4.78 is 2.16. The van der Waals surface area contributed by atoms with Gasteiger partial charge in [0, 0.05) is 33.3 Å². The molecule has 0 unspecified atom stereocenters. The van der Waals surface area contributed by atoms with E-state index in [0.29, 0.717) is 9.75 Å². The van der Waals surface area contributed by atoms with Gasteiger partial charge in [-0.25, -0.2) is 21.7 Å². The van der Waals surface area contributed by atoms with Gasteiger partial charge in [0.05, 0.1) is 18.2 Å². The van der Waals surface area contributed by atoms with Gasteiger partial charge in [0.1, 0.15) is 10.0 Å². The number of thioether (sulfide) groups is 2. The van der Waals surface area contributed by atoms with Crippen LogP contribution in [0.1, 0.15) is 30.7 Å². The highest BCUT2D eigenvalue weighted by Gasteiger charge is 2.17. The van der Waals surface area contributed by atoms with Gasteiger partial charge in [-0.05, 0) is 38.5 Å². The summed E-state index contributed by atoms with van der Waals surface area (Å²) in [5, 5.41) is 5.89. The van der Waals surface area contributed by atoms with Crippen LogP contribution in [0.15, 0.2) is 31.3 Å². The third-order valence-corrected chi connectivity index (χ3v) is 10.7. The zero-order valence-corrected chi connectivity index (χ0v) is 23.5. The molecule has 0 atom stereocenters. The third-order valence-electron chi connectivity index (χ3n) is 4.18. The van der Waals surface area contributed by atoms with Gasteiger partial charge >= 0.3 is 0 Å². The van der Waals surface area contributed by atoms with Crippen molar-refractivity contribution in [3.05, 3.63) is 44.0 Å². The number of thiophene rings is 2. The van der Waals surface area contributed by atoms with Crippen LogP contribution in [-0.2, 0) is 0 Å². The summed E-state index contributed by atoms with van der Waals surface area (Å²) in [4.78, 5) is 33.1. The van der Waals surface area contributed by atoms with Crippen LogP contribution < -0.4 is 22.5 Å². The van der Waals surface area contributed by atoms with E-state index in [1.807, 2.05) is 49.3 Å². The molecule has 0 saturated heterocycles. The Morgan fingerprint density at radius 3 is 1.44 bits per heavy atom. The number of aryl methyl sites for hydroxylation is 2. The molecule has 0 aliphatic rings. The number of nitrogens with zero attached hydrogens (tertiary/aromatic N) is 2. The molecule has 0 saturated carbocycles. The Bertz CT molecular complexity index is 1190. The van der Waals surface area contributed by atoms with Crippen LogP contribution in [0.3, 0.4) is 0 Å². The van der Waals surface area contributed by atoms with E-state index in [9.17, 15) is 9.59 Å². The van der Waals surface area contributed by atoms with E-state index in [1.165, 1.54) is 22.7 Å². The molecule has 4 aromatic heterocycles. The molecule has 34 heavy (non-hydrogen) atoms. The SMILES string of the molecule is CSc1sc(C(=O)NN)cc1-c1nc(C)cs1.CSc1sc(C(=O)NN)cc1-c1nc(C)cs1. The smallest absolute Gasteiger partial charge is 0.275 e. The Hall–Kier alpha value is -1.78. The van der Waals surface area contributed by atoms with Crippen LogP contribution >= 0.6 is 68.9 Å². The second-order valence-electron chi connectivity index (χ2n) is 6.57. The predicted molar refractivity (Wildman–Crippen MR) is 147 cm³/mol. The summed E-state index contributed by atoms with van der Waals surface area (Å²) in [6.45, 7) is 3.91. The number of nitrogens with two attached hydrogens (primary N) is 2. The van der Waals surface area contributed by atoms with Gasteiger partial charge in [-0.3, -0.25) is 20.4 Å². The fraction of sp³-hybridized carbons (Fsp3) is 0.200. The van der Waals surface area contributed by atoms with Crippen molar-refractivity contribution in [3.8, 4) is 21.1 Å². The molecule has 8 nitrogen and oxygen atoms in total. The number of thiazole rings is 2. The number of aromatic nitrogens is 2. The summed E-state index contributed by atoms with van der Waals surface area (Å²) in [6, 6.07) is 3.69. The Labute approximate surface area is 221 Å². The molecule has 4 heterocycles. The van der Waals surface area contributed by atoms with Gasteiger partial charge in [-0.2, -0.15) is 0 Å². The minimum atomic E-state index is -0.259. The van der Waals surface area contributed by atoms with Crippen molar-refractivity contribution < 1.29 is 9.59 Å². The van der Waals surface area contributed by atoms with Crippen molar-refractivity contribution in [1.82, 2.24) is 20.8 Å². The predicted octanol–water partition coefficient (Wildman–Crippen LogP) is 5.01. The van der Waals surface area contributed by atoms with Crippen molar-refractivity contribution in [3.63, 3.8) is 0 Å². The van der Waals surface area contributed by atoms with Crippen LogP contribution in [0.25, 0.3) is 21.1 Å². The average molecular weight is 571 g/mol. The largest absolute Gasteiger partial charge is 0.289 e. The summed E-state index contributed by atoms with van der Waals surface area (Å²) in [6.07, 6.45) is 3.97. The van der Waals surface area contributed by atoms with Crippen molar-refractivity contribution in [2.75, 3.05) is 12.5 Å². The fourth-order valence-corrected chi connectivity index (χ4v) is 8.11. The first kappa shape index (κ1) is 26.8. The molecule has 0 radical (unpaired) electrons. The van der Waals surface area contributed by atoms with E-state index >= 15 is 0 Å². The monoisotopic (exact) mass is 570 g/mol. The lowest BCUT2D eigenvalue weighted by Gasteiger charge is -1.94. The zero-order valence-electron chi connectivity index (χ0n) is 18.6. The van der Waals surface area contributed by atoms with Crippen LogP contribution in [0.5, 0.6) is 0 Å². The number of amides is 2. The molecule has 2 amide bonds. The molecule has 0 spiro atoms.